The fraction of sp³-hybridized carbons (Fsp3) is 0.529. The number of hydrogen-bond donors (Lipinski definition) is 3. The van der Waals surface area contributed by atoms with Crippen molar-refractivity contribution in [2.45, 2.75) is 31.7 Å². The molecule has 0 radical (unpaired) electrons. The molecule has 0 amide bonds. The molecule has 3 aliphatic rings. The standard InChI is InChI=1S/C17H23F2N7OS2/c1-17(2-3-17)24-29-10-8-11(13(20)15-22-23-16(28-15)14(18)19)26(21)12(9-10)25-4-6-27-7-5-25/h8-9,14,24H,2-7,20-21H2,1H3/b13-11-. The van der Waals surface area contributed by atoms with E-state index in [2.05, 4.69) is 26.7 Å². The summed E-state index contributed by atoms with van der Waals surface area (Å²) in [5.41, 5.74) is 7.15. The Balaban J connectivity index is 1.66. The molecule has 1 aromatic heterocycles. The molecule has 0 atom stereocenters. The number of hydrazine groups is 1. The van der Waals surface area contributed by atoms with E-state index in [1.807, 2.05) is 12.2 Å². The number of aromatic nitrogens is 2. The summed E-state index contributed by atoms with van der Waals surface area (Å²) in [6.45, 7) is 4.78. The van der Waals surface area contributed by atoms with Gasteiger partial charge < -0.3 is 15.4 Å². The maximum Gasteiger partial charge on any atom is 0.291 e. The highest BCUT2D eigenvalue weighted by Gasteiger charge is 2.37. The predicted octanol–water partition coefficient (Wildman–Crippen LogP) is 2.14. The minimum Gasteiger partial charge on any atom is -0.394 e. The van der Waals surface area contributed by atoms with Gasteiger partial charge in [0, 0.05) is 23.5 Å². The molecule has 2 fully saturated rings. The molecule has 3 heterocycles. The predicted molar refractivity (Wildman–Crippen MR) is 109 cm³/mol. The van der Waals surface area contributed by atoms with Crippen LogP contribution in [0.3, 0.4) is 0 Å². The maximum atomic E-state index is 12.9. The molecule has 8 nitrogen and oxygen atoms in total. The molecular weight excluding hydrogens is 420 g/mol. The minimum atomic E-state index is -2.69. The van der Waals surface area contributed by atoms with Gasteiger partial charge in [-0.15, -0.1) is 10.2 Å². The van der Waals surface area contributed by atoms with Crippen LogP contribution in [0.15, 0.2) is 28.6 Å². The summed E-state index contributed by atoms with van der Waals surface area (Å²) in [5, 5.41) is 8.68. The van der Waals surface area contributed by atoms with Crippen molar-refractivity contribution in [3.8, 4) is 0 Å². The van der Waals surface area contributed by atoms with Crippen molar-refractivity contribution >= 4 is 29.0 Å². The van der Waals surface area contributed by atoms with Crippen molar-refractivity contribution in [3.05, 3.63) is 38.6 Å². The Morgan fingerprint density at radius 2 is 2.03 bits per heavy atom. The summed E-state index contributed by atoms with van der Waals surface area (Å²) in [6, 6.07) is 0. The van der Waals surface area contributed by atoms with Crippen molar-refractivity contribution in [3.63, 3.8) is 0 Å². The Morgan fingerprint density at radius 1 is 1.31 bits per heavy atom. The van der Waals surface area contributed by atoms with E-state index in [0.29, 0.717) is 32.0 Å². The van der Waals surface area contributed by atoms with Crippen LogP contribution < -0.4 is 16.3 Å². The van der Waals surface area contributed by atoms with Crippen LogP contribution in [0.4, 0.5) is 8.78 Å². The largest absolute Gasteiger partial charge is 0.394 e. The van der Waals surface area contributed by atoms with E-state index in [1.165, 1.54) is 17.0 Å². The first-order valence-electron chi connectivity index (χ1n) is 9.23. The molecular formula is C17H23F2N7OS2. The zero-order chi connectivity index (χ0) is 20.6. The Hall–Kier alpha value is -1.73. The summed E-state index contributed by atoms with van der Waals surface area (Å²) >= 11 is 2.28. The summed E-state index contributed by atoms with van der Waals surface area (Å²) < 4.78 is 34.7. The van der Waals surface area contributed by atoms with Gasteiger partial charge in [0.15, 0.2) is 10.0 Å². The zero-order valence-corrected chi connectivity index (χ0v) is 17.5. The lowest BCUT2D eigenvalue weighted by Crippen LogP contribution is -2.45. The second-order valence-corrected chi connectivity index (χ2v) is 9.22. The van der Waals surface area contributed by atoms with Gasteiger partial charge in [0.05, 0.1) is 24.6 Å². The average molecular weight is 444 g/mol. The Labute approximate surface area is 175 Å². The third-order valence-electron chi connectivity index (χ3n) is 4.94. The van der Waals surface area contributed by atoms with Crippen LogP contribution in [-0.4, -0.2) is 51.9 Å². The minimum absolute atomic E-state index is 0.138. The Kier molecular flexibility index (Phi) is 5.80. The van der Waals surface area contributed by atoms with Crippen molar-refractivity contribution in [2.24, 2.45) is 11.6 Å². The fourth-order valence-corrected chi connectivity index (χ4v) is 4.45. The number of halogens is 2. The monoisotopic (exact) mass is 443 g/mol. The van der Waals surface area contributed by atoms with Gasteiger partial charge in [-0.3, -0.25) is 9.73 Å². The topological polar surface area (TPSA) is 106 Å². The zero-order valence-electron chi connectivity index (χ0n) is 15.9. The molecule has 1 aromatic rings. The van der Waals surface area contributed by atoms with Crippen LogP contribution in [0.25, 0.3) is 5.70 Å². The number of rotatable bonds is 6. The average Bonchev–Trinajstić information content (AvgIpc) is 3.25. The Bertz CT molecular complexity index is 860. The van der Waals surface area contributed by atoms with Crippen molar-refractivity contribution in [1.82, 2.24) is 24.8 Å². The number of allylic oxidation sites excluding steroid dienone is 2. The number of nitrogens with one attached hydrogen (secondary N) is 1. The van der Waals surface area contributed by atoms with Crippen LogP contribution in [-0.2, 0) is 4.74 Å². The van der Waals surface area contributed by atoms with E-state index in [4.69, 9.17) is 16.3 Å². The molecule has 12 heteroatoms. The SMILES string of the molecule is CC1(NSC2=C/C(=C(/N)c3nnc(C(F)F)s3)N(N)C(N3CCOCC3)=C2)CC1. The van der Waals surface area contributed by atoms with Gasteiger partial charge in [0.25, 0.3) is 6.43 Å². The third kappa shape index (κ3) is 4.56. The molecule has 5 N–H and O–H groups in total. The van der Waals surface area contributed by atoms with Crippen molar-refractivity contribution in [2.75, 3.05) is 26.3 Å². The number of alkyl halides is 2. The molecule has 1 saturated carbocycles. The van der Waals surface area contributed by atoms with E-state index in [1.54, 1.807) is 0 Å². The summed E-state index contributed by atoms with van der Waals surface area (Å²) in [4.78, 5) is 3.05. The lowest BCUT2D eigenvalue weighted by atomic mass is 10.2. The first-order valence-corrected chi connectivity index (χ1v) is 10.9. The van der Waals surface area contributed by atoms with Gasteiger partial charge in [-0.25, -0.2) is 14.6 Å². The number of morpholine rings is 1. The molecule has 0 bridgehead atoms. The quantitative estimate of drug-likeness (QED) is 0.450. The van der Waals surface area contributed by atoms with E-state index >= 15 is 0 Å². The van der Waals surface area contributed by atoms with Gasteiger partial charge in [-0.2, -0.15) is 0 Å². The second kappa shape index (κ2) is 8.19. The molecule has 1 aliphatic carbocycles. The van der Waals surface area contributed by atoms with Crippen molar-refractivity contribution in [1.29, 1.82) is 0 Å². The molecule has 0 spiro atoms. The van der Waals surface area contributed by atoms with Crippen LogP contribution in [0.5, 0.6) is 0 Å². The molecule has 158 valence electrons. The highest BCUT2D eigenvalue weighted by Crippen LogP contribution is 2.39. The first kappa shape index (κ1) is 20.5. The normalized spacial score (nSPS) is 23.2. The van der Waals surface area contributed by atoms with E-state index in [9.17, 15) is 8.78 Å². The molecule has 0 unspecified atom stereocenters. The molecule has 2 aliphatic heterocycles. The van der Waals surface area contributed by atoms with Gasteiger partial charge in [0.2, 0.25) is 0 Å². The van der Waals surface area contributed by atoms with E-state index in [0.717, 1.165) is 34.9 Å². The fourth-order valence-electron chi connectivity index (χ4n) is 2.88. The summed E-state index contributed by atoms with van der Waals surface area (Å²) in [5.74, 6) is 7.17. The highest BCUT2D eigenvalue weighted by atomic mass is 32.2. The van der Waals surface area contributed by atoms with Gasteiger partial charge >= 0.3 is 0 Å². The third-order valence-corrected chi connectivity index (χ3v) is 6.97. The van der Waals surface area contributed by atoms with E-state index in [-0.39, 0.29) is 21.3 Å². The lowest BCUT2D eigenvalue weighted by Gasteiger charge is -2.38. The second-order valence-electron chi connectivity index (χ2n) is 7.33. The molecule has 1 saturated heterocycles. The van der Waals surface area contributed by atoms with Crippen molar-refractivity contribution < 1.29 is 13.5 Å². The lowest BCUT2D eigenvalue weighted by molar-refractivity contribution is 0.0410. The number of nitrogens with zero attached hydrogens (tertiary/aromatic N) is 4. The van der Waals surface area contributed by atoms with Crippen LogP contribution >= 0.6 is 23.3 Å². The smallest absolute Gasteiger partial charge is 0.291 e. The molecule has 29 heavy (non-hydrogen) atoms. The maximum absolute atomic E-state index is 12.9. The molecule has 0 aromatic carbocycles. The van der Waals surface area contributed by atoms with Crippen LogP contribution in [0.1, 0.15) is 36.2 Å². The molecule has 4 rings (SSSR count). The summed E-state index contributed by atoms with van der Waals surface area (Å²) in [7, 11) is 0. The van der Waals surface area contributed by atoms with Gasteiger partial charge in [-0.1, -0.05) is 11.3 Å². The van der Waals surface area contributed by atoms with Gasteiger partial charge in [0.1, 0.15) is 5.82 Å². The van der Waals surface area contributed by atoms with Crippen LogP contribution in [0.2, 0.25) is 0 Å². The number of ether oxygens (including phenoxy) is 1. The number of hydrogen-bond acceptors (Lipinski definition) is 10. The van der Waals surface area contributed by atoms with Gasteiger partial charge in [-0.05, 0) is 43.9 Å². The van der Waals surface area contributed by atoms with Crippen LogP contribution in [0, 0.1) is 0 Å². The summed E-state index contributed by atoms with van der Waals surface area (Å²) in [6.07, 6.45) is 3.40. The Morgan fingerprint density at radius 3 is 2.66 bits per heavy atom. The van der Waals surface area contributed by atoms with E-state index < -0.39 is 6.43 Å². The highest BCUT2D eigenvalue weighted by molar-refractivity contribution is 8.01. The first-order chi connectivity index (χ1) is 13.9. The number of nitrogens with two attached hydrogens (primary N) is 2.